The molecule has 0 saturated carbocycles. The van der Waals surface area contributed by atoms with Gasteiger partial charge in [0.15, 0.2) is 5.69 Å². The number of hydrogen-bond donors (Lipinski definition) is 0. The van der Waals surface area contributed by atoms with E-state index in [0.29, 0.717) is 5.69 Å². The zero-order valence-electron chi connectivity index (χ0n) is 6.40. The fraction of sp³-hybridized carbons (Fsp3) is 0.125. The van der Waals surface area contributed by atoms with Gasteiger partial charge >= 0.3 is 0 Å². The molecule has 3 nitrogen and oxygen atoms in total. The zero-order chi connectivity index (χ0) is 8.55. The number of nitriles is 1. The van der Waals surface area contributed by atoms with Gasteiger partial charge in [0.05, 0.1) is 9.71 Å². The van der Waals surface area contributed by atoms with Crippen LogP contribution in [0.3, 0.4) is 0 Å². The first kappa shape index (κ1) is 7.19. The Balaban J connectivity index is 2.89. The van der Waals surface area contributed by atoms with Gasteiger partial charge in [-0.3, -0.25) is 0 Å². The molecule has 0 N–H and O–H groups in total. The largest absolute Gasteiger partial charge is 0.243 e. The molecular weight excluding hydrogens is 170 g/mol. The summed E-state index contributed by atoms with van der Waals surface area (Å²) in [5, 5.41) is 9.66. The molecule has 0 aliphatic rings. The first-order chi connectivity index (χ1) is 5.81. The van der Waals surface area contributed by atoms with Gasteiger partial charge in [0, 0.05) is 6.20 Å². The van der Waals surface area contributed by atoms with Crippen molar-refractivity contribution in [1.29, 1.82) is 5.26 Å². The fourth-order valence-electron chi connectivity index (χ4n) is 1.05. The lowest BCUT2D eigenvalue weighted by Gasteiger charge is -1.86. The molecule has 2 aromatic heterocycles. The van der Waals surface area contributed by atoms with Crippen molar-refractivity contribution in [1.82, 2.24) is 9.97 Å². The second-order valence-corrected chi connectivity index (χ2v) is 3.59. The molecule has 2 aromatic rings. The molecule has 0 unspecified atom stereocenters. The van der Waals surface area contributed by atoms with Crippen molar-refractivity contribution in [2.45, 2.75) is 6.92 Å². The first-order valence-corrected chi connectivity index (χ1v) is 4.25. The highest BCUT2D eigenvalue weighted by molar-refractivity contribution is 7.18. The maximum absolute atomic E-state index is 8.70. The number of hydrogen-bond acceptors (Lipinski definition) is 4. The highest BCUT2D eigenvalue weighted by Gasteiger charge is 2.05. The van der Waals surface area contributed by atoms with Crippen molar-refractivity contribution in [3.8, 4) is 6.07 Å². The Kier molecular flexibility index (Phi) is 1.52. The number of nitrogens with zero attached hydrogens (tertiary/aromatic N) is 3. The van der Waals surface area contributed by atoms with E-state index in [0.717, 1.165) is 15.2 Å². The first-order valence-electron chi connectivity index (χ1n) is 3.43. The summed E-state index contributed by atoms with van der Waals surface area (Å²) in [6.45, 7) is 1.92. The number of aromatic nitrogens is 2. The van der Waals surface area contributed by atoms with E-state index in [1.54, 1.807) is 17.5 Å². The molecule has 0 amide bonds. The van der Waals surface area contributed by atoms with Crippen molar-refractivity contribution in [2.24, 2.45) is 0 Å². The Hall–Kier alpha value is -1.47. The molecule has 0 aromatic carbocycles. The van der Waals surface area contributed by atoms with Gasteiger partial charge in [-0.2, -0.15) is 5.26 Å². The lowest BCUT2D eigenvalue weighted by molar-refractivity contribution is 1.26. The predicted molar refractivity (Wildman–Crippen MR) is 46.9 cm³/mol. The third-order valence-electron chi connectivity index (χ3n) is 1.52. The topological polar surface area (TPSA) is 49.6 Å². The number of rotatable bonds is 0. The van der Waals surface area contributed by atoms with Gasteiger partial charge in [-0.25, -0.2) is 9.97 Å². The minimum Gasteiger partial charge on any atom is -0.243 e. The van der Waals surface area contributed by atoms with Gasteiger partial charge in [0.2, 0.25) is 0 Å². The molecule has 0 spiro atoms. The smallest absolute Gasteiger partial charge is 0.167 e. The average Bonchev–Trinajstić information content (AvgIpc) is 2.44. The van der Waals surface area contributed by atoms with Crippen LogP contribution in [0.5, 0.6) is 0 Å². The molecule has 58 valence electrons. The molecule has 0 aliphatic heterocycles. The molecule has 0 radical (unpaired) electrons. The van der Waals surface area contributed by atoms with Gasteiger partial charge in [-0.05, 0) is 13.0 Å². The van der Waals surface area contributed by atoms with E-state index < -0.39 is 0 Å². The lowest BCUT2D eigenvalue weighted by atomic mass is 10.3. The number of fused-ring (bicyclic) bond motifs is 1. The van der Waals surface area contributed by atoms with Crippen molar-refractivity contribution in [3.63, 3.8) is 0 Å². The Morgan fingerprint density at radius 3 is 3.17 bits per heavy atom. The number of thiazole rings is 1. The van der Waals surface area contributed by atoms with Crippen LogP contribution in [0.1, 0.15) is 10.7 Å². The van der Waals surface area contributed by atoms with Crippen LogP contribution in [0.2, 0.25) is 0 Å². The van der Waals surface area contributed by atoms with Crippen LogP contribution in [0, 0.1) is 18.3 Å². The van der Waals surface area contributed by atoms with Crippen LogP contribution in [0.4, 0.5) is 0 Å². The molecule has 0 saturated heterocycles. The van der Waals surface area contributed by atoms with E-state index >= 15 is 0 Å². The summed E-state index contributed by atoms with van der Waals surface area (Å²) in [7, 11) is 0. The highest BCUT2D eigenvalue weighted by atomic mass is 32.1. The maximum Gasteiger partial charge on any atom is 0.167 e. The van der Waals surface area contributed by atoms with Crippen LogP contribution in [-0.2, 0) is 0 Å². The zero-order valence-corrected chi connectivity index (χ0v) is 7.22. The molecule has 4 heteroatoms. The monoisotopic (exact) mass is 175 g/mol. The van der Waals surface area contributed by atoms with E-state index in [-0.39, 0.29) is 0 Å². The average molecular weight is 175 g/mol. The lowest BCUT2D eigenvalue weighted by Crippen LogP contribution is -1.82. The van der Waals surface area contributed by atoms with E-state index in [1.165, 1.54) is 0 Å². The molecule has 12 heavy (non-hydrogen) atoms. The Morgan fingerprint density at radius 1 is 1.58 bits per heavy atom. The van der Waals surface area contributed by atoms with Crippen LogP contribution in [0.15, 0.2) is 12.3 Å². The predicted octanol–water partition coefficient (Wildman–Crippen LogP) is 1.87. The Morgan fingerprint density at radius 2 is 2.42 bits per heavy atom. The number of pyridine rings is 1. The summed E-state index contributed by atoms with van der Waals surface area (Å²) in [4.78, 5) is 8.14. The van der Waals surface area contributed by atoms with Gasteiger partial charge in [-0.1, -0.05) is 0 Å². The molecule has 0 bridgehead atoms. The van der Waals surface area contributed by atoms with Crippen molar-refractivity contribution in [2.75, 3.05) is 0 Å². The minimum atomic E-state index is 0.414. The second kappa shape index (κ2) is 2.54. The summed E-state index contributed by atoms with van der Waals surface area (Å²) < 4.78 is 1.03. The maximum atomic E-state index is 8.70. The minimum absolute atomic E-state index is 0.414. The second-order valence-electron chi connectivity index (χ2n) is 2.35. The SMILES string of the molecule is Cc1nc2c(C#N)nccc2s1. The normalized spacial score (nSPS) is 10.0. The van der Waals surface area contributed by atoms with Crippen LogP contribution >= 0.6 is 11.3 Å². The summed E-state index contributed by atoms with van der Waals surface area (Å²) in [6.07, 6.45) is 1.64. The Bertz CT molecular complexity index is 467. The summed E-state index contributed by atoms with van der Waals surface area (Å²) in [5.41, 5.74) is 1.14. The van der Waals surface area contributed by atoms with Crippen molar-refractivity contribution < 1.29 is 0 Å². The van der Waals surface area contributed by atoms with Gasteiger partial charge in [0.25, 0.3) is 0 Å². The van der Waals surface area contributed by atoms with Crippen LogP contribution in [0.25, 0.3) is 10.2 Å². The molecular formula is C8H5N3S. The standard InChI is InChI=1S/C8H5N3S/c1-5-11-8-6(4-9)10-3-2-7(8)12-5/h2-3H,1H3. The van der Waals surface area contributed by atoms with Crippen molar-refractivity contribution >= 4 is 21.6 Å². The van der Waals surface area contributed by atoms with Gasteiger partial charge in [0.1, 0.15) is 11.6 Å². The summed E-state index contributed by atoms with van der Waals surface area (Å²) in [5.74, 6) is 0. The van der Waals surface area contributed by atoms with E-state index in [2.05, 4.69) is 9.97 Å². The molecule has 0 atom stereocenters. The third-order valence-corrected chi connectivity index (χ3v) is 2.46. The Labute approximate surface area is 73.3 Å². The van der Waals surface area contributed by atoms with Crippen LogP contribution < -0.4 is 0 Å². The summed E-state index contributed by atoms with van der Waals surface area (Å²) in [6, 6.07) is 3.89. The van der Waals surface area contributed by atoms with Crippen molar-refractivity contribution in [3.05, 3.63) is 23.0 Å². The van der Waals surface area contributed by atoms with Gasteiger partial charge < -0.3 is 0 Å². The van der Waals surface area contributed by atoms with E-state index in [9.17, 15) is 0 Å². The highest BCUT2D eigenvalue weighted by Crippen LogP contribution is 2.22. The molecule has 2 rings (SSSR count). The van der Waals surface area contributed by atoms with Crippen LogP contribution in [-0.4, -0.2) is 9.97 Å². The van der Waals surface area contributed by atoms with E-state index in [1.807, 2.05) is 19.1 Å². The van der Waals surface area contributed by atoms with E-state index in [4.69, 9.17) is 5.26 Å². The molecule has 0 aliphatic carbocycles. The third kappa shape index (κ3) is 0.953. The fourth-order valence-corrected chi connectivity index (χ4v) is 1.87. The number of aryl methyl sites for hydroxylation is 1. The van der Waals surface area contributed by atoms with Gasteiger partial charge in [-0.15, -0.1) is 11.3 Å². The summed E-state index contributed by atoms with van der Waals surface area (Å²) >= 11 is 1.58. The molecule has 0 fully saturated rings. The molecule has 2 heterocycles. The quantitative estimate of drug-likeness (QED) is 0.614.